The van der Waals surface area contributed by atoms with Gasteiger partial charge in [-0.1, -0.05) is 12.2 Å². The van der Waals surface area contributed by atoms with E-state index in [2.05, 4.69) is 4.90 Å². The van der Waals surface area contributed by atoms with Crippen molar-refractivity contribution in [3.63, 3.8) is 0 Å². The van der Waals surface area contributed by atoms with Crippen molar-refractivity contribution in [2.45, 2.75) is 6.42 Å². The zero-order valence-electron chi connectivity index (χ0n) is 9.40. The third kappa shape index (κ3) is 2.56. The summed E-state index contributed by atoms with van der Waals surface area (Å²) >= 11 is 4.94. The minimum Gasteiger partial charge on any atom is -0.396 e. The van der Waals surface area contributed by atoms with Crippen molar-refractivity contribution in [1.82, 2.24) is 0 Å². The van der Waals surface area contributed by atoms with Gasteiger partial charge in [0, 0.05) is 36.9 Å². The fraction of sp³-hybridized carbons (Fsp3) is 0.417. The standard InChI is InChI=1S/C12H15FN2OS/c13-9-1-2-11(10(5-9)12(14)17)15-4-3-8(6-15)7-16/h1-2,5,8,16H,3-4,6-7H2,(H2,14,17). The van der Waals surface area contributed by atoms with Crippen molar-refractivity contribution >= 4 is 22.9 Å². The molecule has 1 aromatic rings. The molecule has 1 aliphatic heterocycles. The zero-order valence-corrected chi connectivity index (χ0v) is 10.2. The monoisotopic (exact) mass is 254 g/mol. The molecule has 1 saturated heterocycles. The molecule has 0 bridgehead atoms. The minimum atomic E-state index is -0.338. The van der Waals surface area contributed by atoms with Crippen LogP contribution in [0.15, 0.2) is 18.2 Å². The summed E-state index contributed by atoms with van der Waals surface area (Å²) in [5.41, 5.74) is 7.03. The molecule has 0 saturated carbocycles. The maximum Gasteiger partial charge on any atom is 0.124 e. The van der Waals surface area contributed by atoms with E-state index in [1.807, 2.05) is 0 Å². The molecule has 1 aliphatic rings. The SMILES string of the molecule is NC(=S)c1cc(F)ccc1N1CCC(CO)C1. The lowest BCUT2D eigenvalue weighted by atomic mass is 10.1. The molecule has 0 amide bonds. The van der Waals surface area contributed by atoms with Crippen LogP contribution in [0.5, 0.6) is 0 Å². The first-order valence-corrected chi connectivity index (χ1v) is 5.98. The van der Waals surface area contributed by atoms with E-state index in [1.54, 1.807) is 6.07 Å². The lowest BCUT2D eigenvalue weighted by Crippen LogP contribution is -2.24. The van der Waals surface area contributed by atoms with E-state index in [1.165, 1.54) is 12.1 Å². The average Bonchev–Trinajstić information content (AvgIpc) is 2.77. The first-order valence-electron chi connectivity index (χ1n) is 5.57. The second kappa shape index (κ2) is 4.98. The van der Waals surface area contributed by atoms with E-state index in [4.69, 9.17) is 23.1 Å². The number of aliphatic hydroxyl groups is 1. The summed E-state index contributed by atoms with van der Waals surface area (Å²) < 4.78 is 13.2. The van der Waals surface area contributed by atoms with Crippen molar-refractivity contribution in [3.05, 3.63) is 29.6 Å². The molecule has 0 spiro atoms. The number of aliphatic hydroxyl groups excluding tert-OH is 1. The Bertz CT molecular complexity index is 439. The van der Waals surface area contributed by atoms with Crippen LogP contribution in [-0.2, 0) is 0 Å². The molecule has 1 heterocycles. The molecule has 5 heteroatoms. The van der Waals surface area contributed by atoms with Crippen LogP contribution in [0.1, 0.15) is 12.0 Å². The Hall–Kier alpha value is -1.20. The number of anilines is 1. The van der Waals surface area contributed by atoms with Gasteiger partial charge in [-0.3, -0.25) is 0 Å². The van der Waals surface area contributed by atoms with Gasteiger partial charge >= 0.3 is 0 Å². The molecule has 1 fully saturated rings. The molecular formula is C12H15FN2OS. The van der Waals surface area contributed by atoms with Crippen molar-refractivity contribution in [3.8, 4) is 0 Å². The molecule has 1 atom stereocenters. The maximum absolute atomic E-state index is 13.2. The number of nitrogens with two attached hydrogens (primary N) is 1. The Morgan fingerprint density at radius 2 is 2.35 bits per heavy atom. The topological polar surface area (TPSA) is 49.5 Å². The van der Waals surface area contributed by atoms with E-state index in [9.17, 15) is 4.39 Å². The van der Waals surface area contributed by atoms with Crippen LogP contribution in [0.25, 0.3) is 0 Å². The highest BCUT2D eigenvalue weighted by Crippen LogP contribution is 2.27. The first kappa shape index (κ1) is 12.3. The van der Waals surface area contributed by atoms with Gasteiger partial charge in [-0.2, -0.15) is 0 Å². The van der Waals surface area contributed by atoms with Gasteiger partial charge in [-0.05, 0) is 24.6 Å². The summed E-state index contributed by atoms with van der Waals surface area (Å²) in [5.74, 6) is -0.0614. The van der Waals surface area contributed by atoms with Crippen LogP contribution in [-0.4, -0.2) is 29.8 Å². The fourth-order valence-electron chi connectivity index (χ4n) is 2.18. The average molecular weight is 254 g/mol. The largest absolute Gasteiger partial charge is 0.396 e. The van der Waals surface area contributed by atoms with Gasteiger partial charge in [0.25, 0.3) is 0 Å². The fourth-order valence-corrected chi connectivity index (χ4v) is 2.35. The number of thiocarbonyl (C=S) groups is 1. The third-order valence-corrected chi connectivity index (χ3v) is 3.33. The molecular weight excluding hydrogens is 239 g/mol. The molecule has 2 rings (SSSR count). The highest BCUT2D eigenvalue weighted by Gasteiger charge is 2.24. The summed E-state index contributed by atoms with van der Waals surface area (Å²) in [4.78, 5) is 2.29. The molecule has 0 radical (unpaired) electrons. The smallest absolute Gasteiger partial charge is 0.124 e. The molecule has 0 aliphatic carbocycles. The summed E-state index contributed by atoms with van der Waals surface area (Å²) in [6.45, 7) is 1.78. The van der Waals surface area contributed by atoms with Crippen molar-refractivity contribution in [1.29, 1.82) is 0 Å². The number of nitrogens with zero attached hydrogens (tertiary/aromatic N) is 1. The van der Waals surface area contributed by atoms with E-state index in [-0.39, 0.29) is 23.3 Å². The van der Waals surface area contributed by atoms with Gasteiger partial charge in [0.05, 0.1) is 0 Å². The Balaban J connectivity index is 2.29. The van der Waals surface area contributed by atoms with E-state index < -0.39 is 0 Å². The quantitative estimate of drug-likeness (QED) is 0.798. The molecule has 1 unspecified atom stereocenters. The summed E-state index contributed by atoms with van der Waals surface area (Å²) in [7, 11) is 0. The highest BCUT2D eigenvalue weighted by atomic mass is 32.1. The third-order valence-electron chi connectivity index (χ3n) is 3.11. The van der Waals surface area contributed by atoms with E-state index in [0.29, 0.717) is 5.56 Å². The van der Waals surface area contributed by atoms with Crippen molar-refractivity contribution in [2.24, 2.45) is 11.7 Å². The van der Waals surface area contributed by atoms with E-state index in [0.717, 1.165) is 25.2 Å². The Labute approximate surface area is 105 Å². The van der Waals surface area contributed by atoms with Crippen LogP contribution in [0.4, 0.5) is 10.1 Å². The summed E-state index contributed by atoms with van der Waals surface area (Å²) in [6.07, 6.45) is 0.935. The Morgan fingerprint density at radius 3 is 2.94 bits per heavy atom. The molecule has 92 valence electrons. The second-order valence-electron chi connectivity index (χ2n) is 4.31. The number of hydrogen-bond acceptors (Lipinski definition) is 3. The van der Waals surface area contributed by atoms with Crippen LogP contribution in [0.3, 0.4) is 0 Å². The molecule has 1 aromatic carbocycles. The Morgan fingerprint density at radius 1 is 1.59 bits per heavy atom. The van der Waals surface area contributed by atoms with Gasteiger partial charge in [0.2, 0.25) is 0 Å². The first-order chi connectivity index (χ1) is 8.11. The number of halogens is 1. The predicted molar refractivity (Wildman–Crippen MR) is 69.7 cm³/mol. The van der Waals surface area contributed by atoms with Crippen molar-refractivity contribution in [2.75, 3.05) is 24.6 Å². The number of rotatable bonds is 3. The van der Waals surface area contributed by atoms with E-state index >= 15 is 0 Å². The number of hydrogen-bond donors (Lipinski definition) is 2. The number of benzene rings is 1. The van der Waals surface area contributed by atoms with Crippen LogP contribution < -0.4 is 10.6 Å². The van der Waals surface area contributed by atoms with Gasteiger partial charge in [-0.15, -0.1) is 0 Å². The van der Waals surface area contributed by atoms with Gasteiger partial charge in [0.15, 0.2) is 0 Å². The minimum absolute atomic E-state index is 0.181. The summed E-state index contributed by atoms with van der Waals surface area (Å²) in [5, 5.41) is 9.12. The van der Waals surface area contributed by atoms with Crippen LogP contribution in [0, 0.1) is 11.7 Å². The van der Waals surface area contributed by atoms with Crippen LogP contribution >= 0.6 is 12.2 Å². The van der Waals surface area contributed by atoms with Gasteiger partial charge in [0.1, 0.15) is 10.8 Å². The summed E-state index contributed by atoms with van der Waals surface area (Å²) in [6, 6.07) is 4.47. The highest BCUT2D eigenvalue weighted by molar-refractivity contribution is 7.80. The lowest BCUT2D eigenvalue weighted by Gasteiger charge is -2.21. The maximum atomic E-state index is 13.2. The van der Waals surface area contributed by atoms with Crippen molar-refractivity contribution < 1.29 is 9.50 Å². The lowest BCUT2D eigenvalue weighted by molar-refractivity contribution is 0.238. The molecule has 0 aromatic heterocycles. The predicted octanol–water partition coefficient (Wildman–Crippen LogP) is 1.28. The van der Waals surface area contributed by atoms with Gasteiger partial charge in [-0.25, -0.2) is 4.39 Å². The van der Waals surface area contributed by atoms with Crippen LogP contribution in [0.2, 0.25) is 0 Å². The molecule has 3 N–H and O–H groups in total. The second-order valence-corrected chi connectivity index (χ2v) is 4.75. The zero-order chi connectivity index (χ0) is 12.4. The normalized spacial score (nSPS) is 19.6. The molecule has 17 heavy (non-hydrogen) atoms. The Kier molecular flexibility index (Phi) is 3.59. The molecule has 3 nitrogen and oxygen atoms in total. The van der Waals surface area contributed by atoms with Gasteiger partial charge < -0.3 is 15.7 Å².